The third kappa shape index (κ3) is 3.22. The number of carbonyl (C=O) groups is 2. The maximum atomic E-state index is 13.0. The Morgan fingerprint density at radius 1 is 0.867 bits per heavy atom. The zero-order chi connectivity index (χ0) is 20.8. The Labute approximate surface area is 174 Å². The first-order valence-corrected chi connectivity index (χ1v) is 10.2. The number of benzene rings is 2. The van der Waals surface area contributed by atoms with Crippen LogP contribution >= 0.6 is 0 Å². The monoisotopic (exact) mass is 405 g/mol. The summed E-state index contributed by atoms with van der Waals surface area (Å²) < 4.78 is 10.9. The molecule has 6 nitrogen and oxygen atoms in total. The Balaban J connectivity index is 1.27. The number of hydrogen-bond donors (Lipinski definition) is 2. The minimum atomic E-state index is -0.872. The highest BCUT2D eigenvalue weighted by Gasteiger charge is 2.62. The van der Waals surface area contributed by atoms with Crippen molar-refractivity contribution in [2.24, 2.45) is 35.5 Å². The number of anilines is 1. The van der Waals surface area contributed by atoms with Gasteiger partial charge in [0.05, 0.1) is 18.9 Å². The maximum absolute atomic E-state index is 13.0. The minimum absolute atomic E-state index is 0.0199. The topological polar surface area (TPSA) is 84.9 Å². The van der Waals surface area contributed by atoms with E-state index >= 15 is 0 Å². The molecule has 2 saturated carbocycles. The second kappa shape index (κ2) is 7.20. The zero-order valence-corrected chi connectivity index (χ0v) is 16.5. The van der Waals surface area contributed by atoms with Crippen molar-refractivity contribution in [1.29, 1.82) is 0 Å². The molecule has 0 aromatic heterocycles. The molecule has 1 amide bonds. The molecule has 154 valence electrons. The largest absolute Gasteiger partial charge is 0.497 e. The van der Waals surface area contributed by atoms with E-state index in [1.54, 1.807) is 31.4 Å². The molecule has 0 unspecified atom stereocenters. The third-order valence-corrected chi connectivity index (χ3v) is 6.66. The van der Waals surface area contributed by atoms with Crippen LogP contribution in [0.15, 0.2) is 60.7 Å². The average Bonchev–Trinajstić information content (AvgIpc) is 3.58. The molecule has 4 aliphatic rings. The highest BCUT2D eigenvalue weighted by Crippen LogP contribution is 2.63. The van der Waals surface area contributed by atoms with Gasteiger partial charge in [-0.2, -0.15) is 0 Å². The van der Waals surface area contributed by atoms with Crippen LogP contribution < -0.4 is 14.8 Å². The molecular weight excluding hydrogens is 382 g/mol. The lowest BCUT2D eigenvalue weighted by Crippen LogP contribution is -2.48. The second-order valence-corrected chi connectivity index (χ2v) is 8.28. The van der Waals surface area contributed by atoms with Crippen molar-refractivity contribution in [2.75, 3.05) is 12.4 Å². The number of methoxy groups -OCH3 is 1. The number of aliphatic carboxylic acids is 1. The standard InChI is InChI=1S/C24H23NO5/c1-29-14-6-8-16(9-7-14)30-15-4-2-13(3-5-15)25-23(26)21-17-10-11-18(20-12-19(17)20)22(21)24(27)28/h2-11,17-22H,12H2,1H3,(H,25,26)(H,27,28)/t17-,18-,19-,20-,21+,22-/m0/s1. The lowest BCUT2D eigenvalue weighted by atomic mass is 9.62. The van der Waals surface area contributed by atoms with Gasteiger partial charge in [0, 0.05) is 5.69 Å². The molecule has 6 atom stereocenters. The number of carbonyl (C=O) groups excluding carboxylic acids is 1. The molecule has 6 heteroatoms. The molecule has 2 aromatic rings. The predicted octanol–water partition coefficient (Wildman–Crippen LogP) is 4.19. The van der Waals surface area contributed by atoms with Gasteiger partial charge in [0.25, 0.3) is 0 Å². The van der Waals surface area contributed by atoms with Crippen LogP contribution in [0.25, 0.3) is 0 Å². The number of rotatable bonds is 6. The highest BCUT2D eigenvalue weighted by atomic mass is 16.5. The predicted molar refractivity (Wildman–Crippen MR) is 110 cm³/mol. The molecule has 2 fully saturated rings. The fourth-order valence-electron chi connectivity index (χ4n) is 5.18. The van der Waals surface area contributed by atoms with Crippen LogP contribution in [0.4, 0.5) is 5.69 Å². The van der Waals surface area contributed by atoms with Crippen LogP contribution in [0, 0.1) is 35.5 Å². The summed E-state index contributed by atoms with van der Waals surface area (Å²) in [7, 11) is 1.61. The minimum Gasteiger partial charge on any atom is -0.497 e. The van der Waals surface area contributed by atoms with E-state index in [4.69, 9.17) is 9.47 Å². The first kappa shape index (κ1) is 18.7. The first-order chi connectivity index (χ1) is 14.5. The molecular formula is C24H23NO5. The smallest absolute Gasteiger partial charge is 0.307 e. The van der Waals surface area contributed by atoms with Crippen molar-refractivity contribution >= 4 is 17.6 Å². The number of fused-ring (bicyclic) bond motifs is 1. The molecule has 0 radical (unpaired) electrons. The van der Waals surface area contributed by atoms with Crippen LogP contribution in [-0.4, -0.2) is 24.1 Å². The first-order valence-electron chi connectivity index (χ1n) is 10.2. The van der Waals surface area contributed by atoms with Gasteiger partial charge in [0.2, 0.25) is 5.91 Å². The lowest BCUT2D eigenvalue weighted by molar-refractivity contribution is -0.152. The van der Waals surface area contributed by atoms with Gasteiger partial charge in [-0.25, -0.2) is 0 Å². The van der Waals surface area contributed by atoms with Crippen molar-refractivity contribution in [3.63, 3.8) is 0 Å². The fourth-order valence-corrected chi connectivity index (χ4v) is 5.18. The number of carboxylic acid groups (broad SMARTS) is 1. The Hall–Kier alpha value is -3.28. The third-order valence-electron chi connectivity index (χ3n) is 6.66. The van der Waals surface area contributed by atoms with Crippen molar-refractivity contribution < 1.29 is 24.2 Å². The second-order valence-electron chi connectivity index (χ2n) is 8.28. The van der Waals surface area contributed by atoms with Gasteiger partial charge < -0.3 is 19.9 Å². The number of nitrogens with one attached hydrogen (secondary N) is 1. The van der Waals surface area contributed by atoms with Crippen LogP contribution in [0.2, 0.25) is 0 Å². The van der Waals surface area contributed by atoms with E-state index in [1.807, 2.05) is 30.3 Å². The summed E-state index contributed by atoms with van der Waals surface area (Å²) in [4.78, 5) is 24.9. The summed E-state index contributed by atoms with van der Waals surface area (Å²) in [5.41, 5.74) is 0.629. The Morgan fingerprint density at radius 3 is 1.97 bits per heavy atom. The van der Waals surface area contributed by atoms with Gasteiger partial charge in [-0.05, 0) is 78.6 Å². The SMILES string of the molecule is COc1ccc(Oc2ccc(NC(=O)[C@@H]3[C@H]4C=C[C@@H]([C@@H]5C[C@@H]45)[C@@H]3C(=O)O)cc2)cc1. The molecule has 2 bridgehead atoms. The molecule has 0 aliphatic heterocycles. The molecule has 0 saturated heterocycles. The Kier molecular flexibility index (Phi) is 4.50. The molecule has 2 N–H and O–H groups in total. The molecule has 4 aliphatic carbocycles. The summed E-state index contributed by atoms with van der Waals surface area (Å²) >= 11 is 0. The summed E-state index contributed by atoms with van der Waals surface area (Å²) in [6, 6.07) is 14.4. The van der Waals surface area contributed by atoms with Crippen LogP contribution in [0.5, 0.6) is 17.2 Å². The van der Waals surface area contributed by atoms with E-state index in [-0.39, 0.29) is 17.7 Å². The average molecular weight is 405 g/mol. The van der Waals surface area contributed by atoms with E-state index in [2.05, 4.69) is 11.4 Å². The zero-order valence-electron chi connectivity index (χ0n) is 16.5. The maximum Gasteiger partial charge on any atom is 0.307 e. The van der Waals surface area contributed by atoms with Gasteiger partial charge in [-0.3, -0.25) is 9.59 Å². The Bertz CT molecular complexity index is 997. The van der Waals surface area contributed by atoms with Gasteiger partial charge in [0.15, 0.2) is 0 Å². The summed E-state index contributed by atoms with van der Waals surface area (Å²) in [6.45, 7) is 0. The molecule has 30 heavy (non-hydrogen) atoms. The quantitative estimate of drug-likeness (QED) is 0.704. The van der Waals surface area contributed by atoms with Gasteiger partial charge in [0.1, 0.15) is 17.2 Å². The molecule has 0 spiro atoms. The van der Waals surface area contributed by atoms with E-state index in [0.717, 1.165) is 12.2 Å². The van der Waals surface area contributed by atoms with Crippen molar-refractivity contribution in [3.05, 3.63) is 60.7 Å². The number of carboxylic acids is 1. The summed E-state index contributed by atoms with van der Waals surface area (Å²) in [5, 5.41) is 12.7. The molecule has 2 aromatic carbocycles. The Morgan fingerprint density at radius 2 is 1.40 bits per heavy atom. The van der Waals surface area contributed by atoms with Crippen molar-refractivity contribution in [2.45, 2.75) is 6.42 Å². The van der Waals surface area contributed by atoms with Crippen LogP contribution in [0.3, 0.4) is 0 Å². The number of allylic oxidation sites excluding steroid dienone is 2. The summed E-state index contributed by atoms with van der Waals surface area (Å²) in [5.74, 6) is 0.752. The van der Waals surface area contributed by atoms with E-state index < -0.39 is 17.8 Å². The van der Waals surface area contributed by atoms with E-state index in [9.17, 15) is 14.7 Å². The van der Waals surface area contributed by atoms with Gasteiger partial charge >= 0.3 is 5.97 Å². The fraction of sp³-hybridized carbons (Fsp3) is 0.333. The lowest BCUT2D eigenvalue weighted by Gasteiger charge is -2.41. The van der Waals surface area contributed by atoms with Gasteiger partial charge in [-0.15, -0.1) is 0 Å². The number of amides is 1. The summed E-state index contributed by atoms with van der Waals surface area (Å²) in [6.07, 6.45) is 5.12. The van der Waals surface area contributed by atoms with Crippen molar-refractivity contribution in [3.8, 4) is 17.2 Å². The number of hydrogen-bond acceptors (Lipinski definition) is 4. The van der Waals surface area contributed by atoms with E-state index in [1.165, 1.54) is 0 Å². The molecule has 0 heterocycles. The van der Waals surface area contributed by atoms with Crippen LogP contribution in [-0.2, 0) is 9.59 Å². The van der Waals surface area contributed by atoms with E-state index in [0.29, 0.717) is 29.0 Å². The normalized spacial score (nSPS) is 30.3. The van der Waals surface area contributed by atoms with Crippen molar-refractivity contribution in [1.82, 2.24) is 0 Å². The van der Waals surface area contributed by atoms with Gasteiger partial charge in [-0.1, -0.05) is 12.2 Å². The van der Waals surface area contributed by atoms with Crippen LogP contribution in [0.1, 0.15) is 6.42 Å². The molecule has 6 rings (SSSR count). The highest BCUT2D eigenvalue weighted by molar-refractivity contribution is 5.96. The number of ether oxygens (including phenoxy) is 2.